The van der Waals surface area contributed by atoms with Crippen LogP contribution in [0.25, 0.3) is 72.7 Å². The quantitative estimate of drug-likeness (QED) is 0.219. The number of aromatic nitrogens is 3. The number of hydrogen-bond donors (Lipinski definition) is 0. The third-order valence-corrected chi connectivity index (χ3v) is 7.76. The second kappa shape index (κ2) is 10.0. The maximum Gasteiger partial charge on any atom is 0.196 e. The van der Waals surface area contributed by atoms with E-state index in [1.54, 1.807) is 6.26 Å². The van der Waals surface area contributed by atoms with E-state index in [9.17, 15) is 0 Å². The first kappa shape index (κ1) is 24.1. The van der Waals surface area contributed by atoms with Crippen molar-refractivity contribution in [2.45, 2.75) is 0 Å². The molecule has 0 bridgehead atoms. The van der Waals surface area contributed by atoms with Crippen LogP contribution in [-0.2, 0) is 0 Å². The van der Waals surface area contributed by atoms with Gasteiger partial charge in [0.15, 0.2) is 11.6 Å². The molecule has 0 saturated carbocycles. The van der Waals surface area contributed by atoms with E-state index >= 15 is 0 Å². The Morgan fingerprint density at radius 2 is 0.976 bits per heavy atom. The van der Waals surface area contributed by atoms with Gasteiger partial charge < -0.3 is 8.98 Å². The van der Waals surface area contributed by atoms with Crippen LogP contribution < -0.4 is 0 Å². The van der Waals surface area contributed by atoms with Crippen molar-refractivity contribution in [1.29, 1.82) is 0 Å². The molecule has 0 unspecified atom stereocenters. The summed E-state index contributed by atoms with van der Waals surface area (Å²) in [6, 6.07) is 50.4. The standard InChI is InChI=1S/C38H25N3O/c1-2-9-26(10-3-1)27-16-18-28(19-17-27)33-25-34(40-38(39-33)37-15-8-24-42-37)29-20-22-30(23-21-29)41-35-13-6-4-11-31(35)32-12-5-7-14-36(32)41/h1-25H. The van der Waals surface area contributed by atoms with Gasteiger partial charge in [-0.1, -0.05) is 103 Å². The van der Waals surface area contributed by atoms with Crippen molar-refractivity contribution in [3.05, 3.63) is 152 Å². The van der Waals surface area contributed by atoms with E-state index in [0.717, 1.165) is 28.2 Å². The van der Waals surface area contributed by atoms with Crippen molar-refractivity contribution < 1.29 is 4.42 Å². The molecular formula is C38H25N3O. The molecule has 0 spiro atoms. The Labute approximate surface area is 243 Å². The van der Waals surface area contributed by atoms with Gasteiger partial charge in [-0.2, -0.15) is 0 Å². The molecule has 5 aromatic carbocycles. The van der Waals surface area contributed by atoms with Crippen LogP contribution in [0.3, 0.4) is 0 Å². The van der Waals surface area contributed by atoms with Crippen molar-refractivity contribution in [2.75, 3.05) is 0 Å². The fourth-order valence-corrected chi connectivity index (χ4v) is 5.71. The Hall–Kier alpha value is -5.74. The van der Waals surface area contributed by atoms with Crippen LogP contribution in [0.2, 0.25) is 0 Å². The summed E-state index contributed by atoms with van der Waals surface area (Å²) in [7, 11) is 0. The maximum absolute atomic E-state index is 5.70. The number of fused-ring (bicyclic) bond motifs is 3. The predicted octanol–water partition coefficient (Wildman–Crippen LogP) is 9.83. The van der Waals surface area contributed by atoms with Gasteiger partial charge in [0.1, 0.15) is 0 Å². The molecule has 42 heavy (non-hydrogen) atoms. The lowest BCUT2D eigenvalue weighted by atomic mass is 10.0. The van der Waals surface area contributed by atoms with E-state index in [4.69, 9.17) is 14.4 Å². The molecule has 4 heteroatoms. The molecule has 0 amide bonds. The van der Waals surface area contributed by atoms with Gasteiger partial charge in [-0.05, 0) is 53.6 Å². The van der Waals surface area contributed by atoms with E-state index in [0.29, 0.717) is 11.6 Å². The summed E-state index contributed by atoms with van der Waals surface area (Å²) in [5.41, 5.74) is 9.56. The summed E-state index contributed by atoms with van der Waals surface area (Å²) in [5.74, 6) is 1.20. The van der Waals surface area contributed by atoms with Crippen LogP contribution in [0.15, 0.2) is 156 Å². The first-order valence-electron chi connectivity index (χ1n) is 14.0. The van der Waals surface area contributed by atoms with E-state index in [2.05, 4.69) is 132 Å². The molecule has 3 aromatic heterocycles. The van der Waals surface area contributed by atoms with Crippen LogP contribution >= 0.6 is 0 Å². The molecular weight excluding hydrogens is 514 g/mol. The molecule has 0 saturated heterocycles. The molecule has 0 radical (unpaired) electrons. The Morgan fingerprint density at radius 1 is 0.452 bits per heavy atom. The van der Waals surface area contributed by atoms with Gasteiger partial charge in [0, 0.05) is 27.6 Å². The molecule has 8 aromatic rings. The molecule has 0 atom stereocenters. The zero-order chi connectivity index (χ0) is 27.9. The molecule has 0 N–H and O–H groups in total. The average molecular weight is 540 g/mol. The zero-order valence-electron chi connectivity index (χ0n) is 22.7. The first-order chi connectivity index (χ1) is 20.8. The number of furan rings is 1. The minimum Gasteiger partial charge on any atom is -0.461 e. The molecule has 8 rings (SSSR count). The smallest absolute Gasteiger partial charge is 0.196 e. The number of rotatable bonds is 5. The third-order valence-electron chi connectivity index (χ3n) is 7.76. The molecule has 0 aliphatic carbocycles. The van der Waals surface area contributed by atoms with Crippen LogP contribution in [0, 0.1) is 0 Å². The maximum atomic E-state index is 5.70. The zero-order valence-corrected chi connectivity index (χ0v) is 22.7. The Bertz CT molecular complexity index is 2110. The van der Waals surface area contributed by atoms with Gasteiger partial charge in [-0.25, -0.2) is 9.97 Å². The molecule has 4 nitrogen and oxygen atoms in total. The van der Waals surface area contributed by atoms with Gasteiger partial charge in [0.2, 0.25) is 0 Å². The lowest BCUT2D eigenvalue weighted by Gasteiger charge is -2.11. The molecule has 0 aliphatic heterocycles. The van der Waals surface area contributed by atoms with Crippen molar-refractivity contribution in [2.24, 2.45) is 0 Å². The third kappa shape index (κ3) is 4.18. The second-order valence-electron chi connectivity index (χ2n) is 10.3. The summed E-state index contributed by atoms with van der Waals surface area (Å²) in [6.45, 7) is 0. The Kier molecular flexibility index (Phi) is 5.75. The van der Waals surface area contributed by atoms with E-state index in [-0.39, 0.29) is 0 Å². The van der Waals surface area contributed by atoms with Crippen LogP contribution in [0.4, 0.5) is 0 Å². The summed E-state index contributed by atoms with van der Waals surface area (Å²) in [5, 5.41) is 2.50. The highest BCUT2D eigenvalue weighted by Gasteiger charge is 2.14. The molecule has 198 valence electrons. The first-order valence-corrected chi connectivity index (χ1v) is 14.0. The van der Waals surface area contributed by atoms with Gasteiger partial charge in [-0.3, -0.25) is 0 Å². The highest BCUT2D eigenvalue weighted by atomic mass is 16.3. The predicted molar refractivity (Wildman–Crippen MR) is 170 cm³/mol. The monoisotopic (exact) mass is 539 g/mol. The van der Waals surface area contributed by atoms with Crippen molar-refractivity contribution in [3.63, 3.8) is 0 Å². The summed E-state index contributed by atoms with van der Waals surface area (Å²) >= 11 is 0. The van der Waals surface area contributed by atoms with E-state index in [1.807, 2.05) is 18.2 Å². The number of hydrogen-bond acceptors (Lipinski definition) is 3. The van der Waals surface area contributed by atoms with Gasteiger partial charge in [0.05, 0.1) is 28.7 Å². The SMILES string of the molecule is c1ccc(-c2ccc(-c3cc(-c4ccc(-n5c6ccccc6c6ccccc65)cc4)nc(-c4ccco4)n3)cc2)cc1. The number of nitrogens with zero attached hydrogens (tertiary/aromatic N) is 3. The van der Waals surface area contributed by atoms with Crippen LogP contribution in [0.5, 0.6) is 0 Å². The Balaban J connectivity index is 1.21. The largest absolute Gasteiger partial charge is 0.461 e. The van der Waals surface area contributed by atoms with Crippen LogP contribution in [-0.4, -0.2) is 14.5 Å². The van der Waals surface area contributed by atoms with Crippen molar-refractivity contribution >= 4 is 21.8 Å². The van der Waals surface area contributed by atoms with Crippen molar-refractivity contribution in [1.82, 2.24) is 14.5 Å². The normalized spacial score (nSPS) is 11.3. The molecule has 0 aliphatic rings. The minimum absolute atomic E-state index is 0.561. The lowest BCUT2D eigenvalue weighted by molar-refractivity contribution is 0.577. The number of para-hydroxylation sites is 2. The second-order valence-corrected chi connectivity index (χ2v) is 10.3. The summed E-state index contributed by atoms with van der Waals surface area (Å²) < 4.78 is 8.02. The molecule has 3 heterocycles. The van der Waals surface area contributed by atoms with Gasteiger partial charge >= 0.3 is 0 Å². The Morgan fingerprint density at radius 3 is 1.57 bits per heavy atom. The van der Waals surface area contributed by atoms with Crippen molar-refractivity contribution in [3.8, 4) is 50.9 Å². The van der Waals surface area contributed by atoms with Gasteiger partial charge in [-0.15, -0.1) is 0 Å². The van der Waals surface area contributed by atoms with Gasteiger partial charge in [0.25, 0.3) is 0 Å². The summed E-state index contributed by atoms with van der Waals surface area (Å²) in [4.78, 5) is 9.81. The minimum atomic E-state index is 0.561. The fraction of sp³-hybridized carbons (Fsp3) is 0. The topological polar surface area (TPSA) is 43.9 Å². The highest BCUT2D eigenvalue weighted by molar-refractivity contribution is 6.09. The lowest BCUT2D eigenvalue weighted by Crippen LogP contribution is -1.96. The van der Waals surface area contributed by atoms with Crippen LogP contribution in [0.1, 0.15) is 0 Å². The van der Waals surface area contributed by atoms with E-state index < -0.39 is 0 Å². The summed E-state index contributed by atoms with van der Waals surface area (Å²) in [6.07, 6.45) is 1.65. The average Bonchev–Trinajstić information content (AvgIpc) is 3.73. The number of benzene rings is 5. The highest BCUT2D eigenvalue weighted by Crippen LogP contribution is 2.33. The van der Waals surface area contributed by atoms with E-state index in [1.165, 1.54) is 32.9 Å². The molecule has 0 fully saturated rings. The fourth-order valence-electron chi connectivity index (χ4n) is 5.71.